The third-order valence-corrected chi connectivity index (χ3v) is 6.81. The maximum absolute atomic E-state index is 12.4. The smallest absolute Gasteiger partial charge is 0.263 e. The quantitative estimate of drug-likeness (QED) is 0.384. The zero-order valence-electron chi connectivity index (χ0n) is 16.5. The number of nitrogens with one attached hydrogen (secondary N) is 2. The average molecular weight is 465 g/mol. The maximum atomic E-state index is 12.4. The Hall–Kier alpha value is -2.57. The molecule has 0 saturated carbocycles. The zero-order valence-corrected chi connectivity index (χ0v) is 19.0. The lowest BCUT2D eigenvalue weighted by atomic mass is 10.3. The minimum Gasteiger partial charge on any atom is -0.326 e. The van der Waals surface area contributed by atoms with Gasteiger partial charge in [0, 0.05) is 29.2 Å². The molecule has 30 heavy (non-hydrogen) atoms. The highest BCUT2D eigenvalue weighted by Crippen LogP contribution is 2.21. The largest absolute Gasteiger partial charge is 0.326 e. The second-order valence-electron chi connectivity index (χ2n) is 6.34. The number of hydrogen-bond donors (Lipinski definition) is 2. The molecule has 0 aliphatic heterocycles. The molecule has 0 atom stereocenters. The first-order valence-electron chi connectivity index (χ1n) is 8.89. The number of aryl methyl sites for hydroxylation is 3. The van der Waals surface area contributed by atoms with E-state index in [1.165, 1.54) is 36.0 Å². The Morgan fingerprint density at radius 3 is 2.33 bits per heavy atom. The molecule has 0 aliphatic carbocycles. The summed E-state index contributed by atoms with van der Waals surface area (Å²) in [6, 6.07) is 7.81. The van der Waals surface area contributed by atoms with Gasteiger partial charge in [-0.15, -0.1) is 10.2 Å². The third-order valence-electron chi connectivity index (χ3n) is 3.72. The third kappa shape index (κ3) is 6.21. The molecule has 0 unspecified atom stereocenters. The van der Waals surface area contributed by atoms with Crippen LogP contribution < -0.4 is 10.0 Å². The molecule has 0 bridgehead atoms. The number of nitrogens with zero attached hydrogens (tertiary/aromatic N) is 4. The summed E-state index contributed by atoms with van der Waals surface area (Å²) in [5.74, 6) is 0.358. The second kappa shape index (κ2) is 9.49. The van der Waals surface area contributed by atoms with Gasteiger partial charge in [-0.1, -0.05) is 23.1 Å². The highest BCUT2D eigenvalue weighted by molar-refractivity contribution is 7.99. The Kier molecular flexibility index (Phi) is 7.00. The summed E-state index contributed by atoms with van der Waals surface area (Å²) in [5, 5.41) is 11.8. The van der Waals surface area contributed by atoms with E-state index in [1.807, 2.05) is 19.9 Å². The van der Waals surface area contributed by atoms with E-state index < -0.39 is 10.0 Å². The van der Waals surface area contributed by atoms with E-state index in [-0.39, 0.29) is 22.4 Å². The van der Waals surface area contributed by atoms with Gasteiger partial charge in [-0.3, -0.25) is 9.52 Å². The molecule has 0 aliphatic rings. The number of hydrogen-bond acceptors (Lipinski definition) is 9. The SMILES string of the molecule is Cc1cc(C)nc(SCCC(=O)Nc2ccc(S(=O)(=O)Nc3nnc(C)s3)cc2)n1. The van der Waals surface area contributed by atoms with Gasteiger partial charge in [0.05, 0.1) is 4.90 Å². The van der Waals surface area contributed by atoms with Crippen molar-refractivity contribution < 1.29 is 13.2 Å². The molecular formula is C18H20N6O3S3. The molecule has 1 amide bonds. The standard InChI is InChI=1S/C18H20N6O3S3/c1-11-10-12(2)20-17(19-11)28-9-8-16(25)21-14-4-6-15(7-5-14)30(26,27)24-18-23-22-13(3)29-18/h4-7,10H,8-9H2,1-3H3,(H,21,25)(H,23,24). The predicted octanol–water partition coefficient (Wildman–Crippen LogP) is 3.18. The van der Waals surface area contributed by atoms with Crippen molar-refractivity contribution in [3.8, 4) is 0 Å². The molecule has 2 N–H and O–H groups in total. The van der Waals surface area contributed by atoms with Crippen molar-refractivity contribution in [2.45, 2.75) is 37.2 Å². The van der Waals surface area contributed by atoms with Crippen molar-refractivity contribution >= 4 is 49.8 Å². The number of benzene rings is 1. The first-order valence-corrected chi connectivity index (χ1v) is 12.2. The number of amides is 1. The number of carbonyl (C=O) groups excluding carboxylic acids is 1. The molecule has 158 valence electrons. The highest BCUT2D eigenvalue weighted by Gasteiger charge is 2.16. The van der Waals surface area contributed by atoms with Crippen LogP contribution in [0.3, 0.4) is 0 Å². The summed E-state index contributed by atoms with van der Waals surface area (Å²) in [4.78, 5) is 20.9. The van der Waals surface area contributed by atoms with Gasteiger partial charge in [0.1, 0.15) is 5.01 Å². The molecule has 0 fully saturated rings. The van der Waals surface area contributed by atoms with Crippen LogP contribution in [-0.4, -0.2) is 40.2 Å². The lowest BCUT2D eigenvalue weighted by Gasteiger charge is -2.08. The van der Waals surface area contributed by atoms with Gasteiger partial charge in [0.25, 0.3) is 10.0 Å². The van der Waals surface area contributed by atoms with Crippen molar-refractivity contribution in [2.24, 2.45) is 0 Å². The summed E-state index contributed by atoms with van der Waals surface area (Å²) in [6.07, 6.45) is 0.277. The van der Waals surface area contributed by atoms with Crippen LogP contribution in [0.25, 0.3) is 0 Å². The van der Waals surface area contributed by atoms with E-state index in [0.717, 1.165) is 22.7 Å². The van der Waals surface area contributed by atoms with E-state index in [2.05, 4.69) is 30.2 Å². The van der Waals surface area contributed by atoms with Gasteiger partial charge in [0.15, 0.2) is 5.16 Å². The first-order chi connectivity index (χ1) is 14.2. The Labute approximate surface area is 182 Å². The van der Waals surface area contributed by atoms with Crippen molar-refractivity contribution in [1.82, 2.24) is 20.2 Å². The number of thioether (sulfide) groups is 1. The number of anilines is 2. The predicted molar refractivity (Wildman–Crippen MR) is 117 cm³/mol. The molecule has 12 heteroatoms. The molecule has 3 rings (SSSR count). The molecule has 2 heterocycles. The number of carbonyl (C=O) groups is 1. The van der Waals surface area contributed by atoms with Crippen LogP contribution in [0.4, 0.5) is 10.8 Å². The molecule has 2 aromatic heterocycles. The Morgan fingerprint density at radius 2 is 1.73 bits per heavy atom. The van der Waals surface area contributed by atoms with Crippen molar-refractivity contribution in [2.75, 3.05) is 15.8 Å². The van der Waals surface area contributed by atoms with E-state index in [0.29, 0.717) is 21.6 Å². The van der Waals surface area contributed by atoms with E-state index in [9.17, 15) is 13.2 Å². The summed E-state index contributed by atoms with van der Waals surface area (Å²) < 4.78 is 27.2. The van der Waals surface area contributed by atoms with Gasteiger partial charge in [-0.05, 0) is 51.1 Å². The van der Waals surface area contributed by atoms with Crippen LogP contribution in [0.15, 0.2) is 40.4 Å². The summed E-state index contributed by atoms with van der Waals surface area (Å²) in [7, 11) is -3.77. The highest BCUT2D eigenvalue weighted by atomic mass is 32.2. The molecule has 9 nitrogen and oxygen atoms in total. The normalized spacial score (nSPS) is 11.3. The van der Waals surface area contributed by atoms with E-state index >= 15 is 0 Å². The topological polar surface area (TPSA) is 127 Å². The van der Waals surface area contributed by atoms with Crippen LogP contribution in [0, 0.1) is 20.8 Å². The fraction of sp³-hybridized carbons (Fsp3) is 0.278. The summed E-state index contributed by atoms with van der Waals surface area (Å²) in [5.41, 5.74) is 2.29. The molecule has 3 aromatic rings. The van der Waals surface area contributed by atoms with Crippen LogP contribution in [0.2, 0.25) is 0 Å². The number of rotatable bonds is 8. The fourth-order valence-electron chi connectivity index (χ4n) is 2.45. The van der Waals surface area contributed by atoms with Crippen molar-refractivity contribution in [1.29, 1.82) is 0 Å². The van der Waals surface area contributed by atoms with Gasteiger partial charge < -0.3 is 5.32 Å². The summed E-state index contributed by atoms with van der Waals surface area (Å²) >= 11 is 2.56. The van der Waals surface area contributed by atoms with Crippen LogP contribution in [0.5, 0.6) is 0 Å². The van der Waals surface area contributed by atoms with Crippen molar-refractivity contribution in [3.05, 3.63) is 46.7 Å². The second-order valence-corrected chi connectivity index (χ2v) is 10.3. The minimum atomic E-state index is -3.77. The molecule has 0 saturated heterocycles. The minimum absolute atomic E-state index is 0.0656. The molecule has 0 radical (unpaired) electrons. The average Bonchev–Trinajstić information content (AvgIpc) is 3.05. The Morgan fingerprint density at radius 1 is 1.07 bits per heavy atom. The van der Waals surface area contributed by atoms with E-state index in [1.54, 1.807) is 6.92 Å². The first kappa shape index (κ1) is 22.1. The van der Waals surface area contributed by atoms with Gasteiger partial charge in [0.2, 0.25) is 11.0 Å². The van der Waals surface area contributed by atoms with Gasteiger partial charge in [-0.2, -0.15) is 0 Å². The maximum Gasteiger partial charge on any atom is 0.263 e. The van der Waals surface area contributed by atoms with Gasteiger partial charge in [-0.25, -0.2) is 18.4 Å². The molecule has 1 aromatic carbocycles. The monoisotopic (exact) mass is 464 g/mol. The van der Waals surface area contributed by atoms with E-state index in [4.69, 9.17) is 0 Å². The summed E-state index contributed by atoms with van der Waals surface area (Å²) in [6.45, 7) is 5.54. The van der Waals surface area contributed by atoms with Crippen LogP contribution >= 0.6 is 23.1 Å². The van der Waals surface area contributed by atoms with Gasteiger partial charge >= 0.3 is 0 Å². The lowest BCUT2D eigenvalue weighted by molar-refractivity contribution is -0.115. The van der Waals surface area contributed by atoms with Crippen molar-refractivity contribution in [3.63, 3.8) is 0 Å². The zero-order chi connectivity index (χ0) is 21.7. The Balaban J connectivity index is 1.52. The lowest BCUT2D eigenvalue weighted by Crippen LogP contribution is -2.14. The van der Waals surface area contributed by atoms with Crippen LogP contribution in [-0.2, 0) is 14.8 Å². The number of sulfonamides is 1. The molecular weight excluding hydrogens is 444 g/mol. The van der Waals surface area contributed by atoms with Crippen LogP contribution in [0.1, 0.15) is 22.8 Å². The number of aromatic nitrogens is 4. The Bertz CT molecular complexity index is 1130. The fourth-order valence-corrected chi connectivity index (χ4v) is 5.15. The molecule has 0 spiro atoms.